The molecule has 4 bridgehead atoms. The van der Waals surface area contributed by atoms with Gasteiger partial charge in [-0.2, -0.15) is 0 Å². The SMILES string of the molecule is COC(=O)C1=C(C(=O)OC)[C@@]2(C)O[C@@]1(C)[C@@H]1[C@H]2[C@@]2(C)C=C[C@@]1(C)O2. The number of hydrogen-bond acceptors (Lipinski definition) is 6. The van der Waals surface area contributed by atoms with Crippen LogP contribution in [-0.4, -0.2) is 48.6 Å². The Bertz CT molecular complexity index is 680. The molecule has 2 saturated heterocycles. The lowest BCUT2D eigenvalue weighted by Gasteiger charge is -2.41. The van der Waals surface area contributed by atoms with Crippen LogP contribution in [0.5, 0.6) is 0 Å². The van der Waals surface area contributed by atoms with Crippen LogP contribution < -0.4 is 0 Å². The van der Waals surface area contributed by atoms with Crippen LogP contribution in [0.4, 0.5) is 0 Å². The fraction of sp³-hybridized carbons (Fsp3) is 0.667. The van der Waals surface area contributed by atoms with Crippen LogP contribution in [0.1, 0.15) is 27.7 Å². The predicted molar refractivity (Wildman–Crippen MR) is 83.0 cm³/mol. The minimum atomic E-state index is -0.965. The molecule has 130 valence electrons. The quantitative estimate of drug-likeness (QED) is 0.563. The Hall–Kier alpha value is -1.66. The molecule has 0 aromatic rings. The maximum Gasteiger partial charge on any atom is 0.337 e. The van der Waals surface area contributed by atoms with Gasteiger partial charge in [0.25, 0.3) is 0 Å². The predicted octanol–water partition coefficient (Wildman–Crippen LogP) is 1.54. The first kappa shape index (κ1) is 15.8. The molecule has 0 N–H and O–H groups in total. The van der Waals surface area contributed by atoms with Crippen LogP contribution in [0.3, 0.4) is 0 Å². The fourth-order valence-corrected chi connectivity index (χ4v) is 5.89. The van der Waals surface area contributed by atoms with Crippen molar-refractivity contribution in [2.24, 2.45) is 11.8 Å². The van der Waals surface area contributed by atoms with Gasteiger partial charge in [-0.25, -0.2) is 9.59 Å². The van der Waals surface area contributed by atoms with E-state index in [1.54, 1.807) is 0 Å². The van der Waals surface area contributed by atoms with E-state index in [2.05, 4.69) is 0 Å². The van der Waals surface area contributed by atoms with E-state index in [9.17, 15) is 9.59 Å². The summed E-state index contributed by atoms with van der Waals surface area (Å²) in [6.45, 7) is 7.71. The van der Waals surface area contributed by atoms with Gasteiger partial charge in [-0.1, -0.05) is 12.2 Å². The molecule has 0 saturated carbocycles. The maximum atomic E-state index is 12.5. The molecule has 4 rings (SSSR count). The number of fused-ring (bicyclic) bond motifs is 9. The van der Waals surface area contributed by atoms with Crippen molar-refractivity contribution in [3.05, 3.63) is 23.3 Å². The van der Waals surface area contributed by atoms with E-state index in [-0.39, 0.29) is 23.0 Å². The van der Waals surface area contributed by atoms with Gasteiger partial charge in [0.05, 0.1) is 36.6 Å². The van der Waals surface area contributed by atoms with Crippen molar-refractivity contribution in [2.75, 3.05) is 14.2 Å². The number of ether oxygens (including phenoxy) is 4. The molecule has 0 aromatic carbocycles. The van der Waals surface area contributed by atoms with Crippen molar-refractivity contribution in [2.45, 2.75) is 50.1 Å². The Kier molecular flexibility index (Phi) is 2.71. The van der Waals surface area contributed by atoms with Gasteiger partial charge in [-0.15, -0.1) is 0 Å². The zero-order valence-electron chi connectivity index (χ0n) is 14.8. The smallest absolute Gasteiger partial charge is 0.337 e. The Morgan fingerprint density at radius 3 is 1.54 bits per heavy atom. The lowest BCUT2D eigenvalue weighted by molar-refractivity contribution is -0.143. The monoisotopic (exact) mass is 334 g/mol. The lowest BCUT2D eigenvalue weighted by atomic mass is 9.56. The number of carbonyl (C=O) groups excluding carboxylic acids is 2. The molecule has 6 atom stereocenters. The van der Waals surface area contributed by atoms with E-state index in [1.807, 2.05) is 39.8 Å². The number of esters is 2. The molecule has 0 radical (unpaired) electrons. The summed E-state index contributed by atoms with van der Waals surface area (Å²) in [7, 11) is 2.61. The summed E-state index contributed by atoms with van der Waals surface area (Å²) >= 11 is 0. The van der Waals surface area contributed by atoms with Gasteiger partial charge in [0.2, 0.25) is 0 Å². The molecule has 0 unspecified atom stereocenters. The third-order valence-electron chi connectivity index (χ3n) is 6.39. The Morgan fingerprint density at radius 1 is 0.833 bits per heavy atom. The standard InChI is InChI=1S/C18H22O6/c1-15-7-8-16(2,23-15)12-11(15)17(3)9(13(19)21-5)10(14(20)22-6)18(12,4)24-17/h7-8,11-12H,1-6H3/t11-,12+,15-,16-,17-,18-/m1/s1. The molecular formula is C18H22O6. The Labute approximate surface area is 140 Å². The molecular weight excluding hydrogens is 312 g/mol. The van der Waals surface area contributed by atoms with Crippen LogP contribution >= 0.6 is 0 Å². The highest BCUT2D eigenvalue weighted by atomic mass is 16.6. The van der Waals surface area contributed by atoms with Gasteiger partial charge in [0, 0.05) is 11.8 Å². The largest absolute Gasteiger partial charge is 0.466 e. The van der Waals surface area contributed by atoms with Crippen molar-refractivity contribution >= 4 is 11.9 Å². The second-order valence-electron chi connectivity index (χ2n) is 7.81. The summed E-state index contributed by atoms with van der Waals surface area (Å²) in [5, 5.41) is 0. The Morgan fingerprint density at radius 2 is 1.21 bits per heavy atom. The van der Waals surface area contributed by atoms with E-state index in [0.29, 0.717) is 0 Å². The average Bonchev–Trinajstić information content (AvgIpc) is 3.13. The molecule has 0 aliphatic carbocycles. The third kappa shape index (κ3) is 1.41. The van der Waals surface area contributed by atoms with E-state index >= 15 is 0 Å². The highest BCUT2D eigenvalue weighted by Gasteiger charge is 2.81. The molecule has 4 aliphatic rings. The van der Waals surface area contributed by atoms with Crippen molar-refractivity contribution in [3.63, 3.8) is 0 Å². The number of hydrogen-bond donors (Lipinski definition) is 0. The highest BCUT2D eigenvalue weighted by Crippen LogP contribution is 2.72. The summed E-state index contributed by atoms with van der Waals surface area (Å²) in [5.41, 5.74) is -2.51. The Balaban J connectivity index is 2.00. The van der Waals surface area contributed by atoms with Gasteiger partial charge in [0.1, 0.15) is 11.2 Å². The topological polar surface area (TPSA) is 71.1 Å². The van der Waals surface area contributed by atoms with Gasteiger partial charge in [-0.05, 0) is 27.7 Å². The molecule has 24 heavy (non-hydrogen) atoms. The second kappa shape index (κ2) is 4.11. The summed E-state index contributed by atoms with van der Waals surface area (Å²) < 4.78 is 22.7. The summed E-state index contributed by atoms with van der Waals surface area (Å²) in [4.78, 5) is 25.1. The fourth-order valence-electron chi connectivity index (χ4n) is 5.89. The van der Waals surface area contributed by atoms with E-state index in [4.69, 9.17) is 18.9 Å². The van der Waals surface area contributed by atoms with Crippen LogP contribution in [0.25, 0.3) is 0 Å². The first-order valence-corrected chi connectivity index (χ1v) is 8.10. The number of methoxy groups -OCH3 is 2. The molecule has 0 aromatic heterocycles. The van der Waals surface area contributed by atoms with Crippen LogP contribution in [-0.2, 0) is 28.5 Å². The van der Waals surface area contributed by atoms with Crippen LogP contribution in [0.2, 0.25) is 0 Å². The summed E-state index contributed by atoms with van der Waals surface area (Å²) in [6.07, 6.45) is 4.08. The summed E-state index contributed by atoms with van der Waals surface area (Å²) in [6, 6.07) is 0. The zero-order valence-corrected chi connectivity index (χ0v) is 14.8. The molecule has 0 spiro atoms. The molecule has 6 nitrogen and oxygen atoms in total. The third-order valence-corrected chi connectivity index (χ3v) is 6.39. The molecule has 2 fully saturated rings. The normalized spacial score (nSPS) is 50.4. The van der Waals surface area contributed by atoms with Gasteiger partial charge < -0.3 is 18.9 Å². The van der Waals surface area contributed by atoms with E-state index < -0.39 is 34.3 Å². The highest BCUT2D eigenvalue weighted by molar-refractivity contribution is 6.05. The molecule has 4 aliphatic heterocycles. The first-order valence-electron chi connectivity index (χ1n) is 8.10. The van der Waals surface area contributed by atoms with Gasteiger partial charge in [0.15, 0.2) is 0 Å². The van der Waals surface area contributed by atoms with Crippen molar-refractivity contribution in [1.29, 1.82) is 0 Å². The van der Waals surface area contributed by atoms with Crippen LogP contribution in [0.15, 0.2) is 23.3 Å². The minimum Gasteiger partial charge on any atom is -0.466 e. The van der Waals surface area contributed by atoms with E-state index in [1.165, 1.54) is 14.2 Å². The maximum absolute atomic E-state index is 12.5. The van der Waals surface area contributed by atoms with Crippen molar-refractivity contribution in [3.8, 4) is 0 Å². The molecule has 6 heteroatoms. The number of carbonyl (C=O) groups is 2. The minimum absolute atomic E-state index is 0.0903. The molecule has 0 amide bonds. The lowest BCUT2D eigenvalue weighted by Crippen LogP contribution is -2.53. The molecule has 4 heterocycles. The van der Waals surface area contributed by atoms with Crippen molar-refractivity contribution < 1.29 is 28.5 Å². The van der Waals surface area contributed by atoms with Gasteiger partial charge in [-0.3, -0.25) is 0 Å². The number of rotatable bonds is 2. The van der Waals surface area contributed by atoms with Gasteiger partial charge >= 0.3 is 11.9 Å². The van der Waals surface area contributed by atoms with E-state index in [0.717, 1.165) is 0 Å². The average molecular weight is 334 g/mol. The zero-order chi connectivity index (χ0) is 17.7. The summed E-state index contributed by atoms with van der Waals surface area (Å²) in [5.74, 6) is -1.29. The van der Waals surface area contributed by atoms with Crippen molar-refractivity contribution in [1.82, 2.24) is 0 Å². The second-order valence-corrected chi connectivity index (χ2v) is 7.81. The van der Waals surface area contributed by atoms with Crippen LogP contribution in [0, 0.1) is 11.8 Å². The first-order chi connectivity index (χ1) is 11.1.